The monoisotopic (exact) mass is 245 g/mol. The summed E-state index contributed by atoms with van der Waals surface area (Å²) in [5, 5.41) is 3.30. The molecule has 0 atom stereocenters. The molecule has 0 aliphatic heterocycles. The van der Waals surface area contributed by atoms with E-state index in [1.807, 2.05) is 32.1 Å². The van der Waals surface area contributed by atoms with E-state index < -0.39 is 0 Å². The highest BCUT2D eigenvalue weighted by molar-refractivity contribution is 5.28. The molecule has 0 fully saturated rings. The van der Waals surface area contributed by atoms with Gasteiger partial charge in [0.15, 0.2) is 0 Å². The van der Waals surface area contributed by atoms with E-state index in [9.17, 15) is 0 Å². The third-order valence-electron chi connectivity index (χ3n) is 2.66. The fraction of sp³-hybridized carbons (Fsp3) is 0.375. The normalized spacial score (nSPS) is 12.1. The van der Waals surface area contributed by atoms with Crippen molar-refractivity contribution in [3.63, 3.8) is 0 Å². The highest BCUT2D eigenvalue weighted by Crippen LogP contribution is 2.13. The first kappa shape index (κ1) is 14.5. The lowest BCUT2D eigenvalue weighted by Gasteiger charge is -2.08. The summed E-state index contributed by atoms with van der Waals surface area (Å²) in [5.41, 5.74) is 2.47. The van der Waals surface area contributed by atoms with E-state index in [1.54, 1.807) is 0 Å². The van der Waals surface area contributed by atoms with Gasteiger partial charge in [-0.3, -0.25) is 0 Å². The lowest BCUT2D eigenvalue weighted by molar-refractivity contribution is 0.355. The van der Waals surface area contributed by atoms with E-state index in [0.717, 1.165) is 18.8 Å². The van der Waals surface area contributed by atoms with Crippen molar-refractivity contribution in [3.05, 3.63) is 53.6 Å². The van der Waals surface area contributed by atoms with Crippen molar-refractivity contribution in [1.82, 2.24) is 5.32 Å². The van der Waals surface area contributed by atoms with E-state index in [-0.39, 0.29) is 0 Å². The predicted octanol–water partition coefficient (Wildman–Crippen LogP) is 3.70. The zero-order valence-corrected chi connectivity index (χ0v) is 11.6. The molecule has 0 aromatic heterocycles. The molecule has 0 radical (unpaired) electrons. The van der Waals surface area contributed by atoms with Gasteiger partial charge in [0.1, 0.15) is 12.4 Å². The molecule has 1 N–H and O–H groups in total. The summed E-state index contributed by atoms with van der Waals surface area (Å²) in [7, 11) is 0. The summed E-state index contributed by atoms with van der Waals surface area (Å²) >= 11 is 0. The minimum absolute atomic E-state index is 0.618. The summed E-state index contributed by atoms with van der Waals surface area (Å²) in [6, 6.07) is 8.25. The molecule has 1 aromatic rings. The molecule has 98 valence electrons. The van der Waals surface area contributed by atoms with Crippen LogP contribution in [0.3, 0.4) is 0 Å². The van der Waals surface area contributed by atoms with Crippen molar-refractivity contribution < 1.29 is 4.74 Å². The Morgan fingerprint density at radius 2 is 1.94 bits per heavy atom. The summed E-state index contributed by atoms with van der Waals surface area (Å²) in [6.45, 7) is 8.67. The Bertz CT molecular complexity index is 390. The molecule has 0 unspecified atom stereocenters. The van der Waals surface area contributed by atoms with Gasteiger partial charge in [0.25, 0.3) is 0 Å². The standard InChI is InChI=1S/C16H23NO/c1-4-7-14(5-2)13-18-16-10-8-15(9-11-16)12-17-6-3/h4-5,7-11,17H,6,12-13H2,1-3H3/b7-4-,14-5+. The lowest BCUT2D eigenvalue weighted by Crippen LogP contribution is -2.11. The number of hydrogen-bond donors (Lipinski definition) is 1. The van der Waals surface area contributed by atoms with E-state index in [0.29, 0.717) is 6.61 Å². The number of rotatable bonds is 7. The molecule has 1 rings (SSSR count). The summed E-state index contributed by atoms with van der Waals surface area (Å²) < 4.78 is 5.73. The Morgan fingerprint density at radius 3 is 2.50 bits per heavy atom. The van der Waals surface area contributed by atoms with Crippen molar-refractivity contribution in [3.8, 4) is 5.75 Å². The highest BCUT2D eigenvalue weighted by Gasteiger charge is 1.96. The maximum Gasteiger partial charge on any atom is 0.119 e. The Hall–Kier alpha value is -1.54. The average molecular weight is 245 g/mol. The molecule has 18 heavy (non-hydrogen) atoms. The molecule has 1 aromatic carbocycles. The van der Waals surface area contributed by atoms with Crippen LogP contribution in [0.2, 0.25) is 0 Å². The maximum absolute atomic E-state index is 5.73. The van der Waals surface area contributed by atoms with Crippen LogP contribution in [-0.4, -0.2) is 13.2 Å². The van der Waals surface area contributed by atoms with Gasteiger partial charge >= 0.3 is 0 Å². The summed E-state index contributed by atoms with van der Waals surface area (Å²) in [5.74, 6) is 0.916. The fourth-order valence-corrected chi connectivity index (χ4v) is 1.58. The molecule has 0 bridgehead atoms. The maximum atomic E-state index is 5.73. The van der Waals surface area contributed by atoms with Gasteiger partial charge in [0.2, 0.25) is 0 Å². The summed E-state index contributed by atoms with van der Waals surface area (Å²) in [4.78, 5) is 0. The number of benzene rings is 1. The number of nitrogens with one attached hydrogen (secondary N) is 1. The summed E-state index contributed by atoms with van der Waals surface area (Å²) in [6.07, 6.45) is 6.16. The van der Waals surface area contributed by atoms with E-state index in [4.69, 9.17) is 4.74 Å². The van der Waals surface area contributed by atoms with Crippen LogP contribution in [0, 0.1) is 0 Å². The van der Waals surface area contributed by atoms with Gasteiger partial charge in [-0.1, -0.05) is 37.3 Å². The molecule has 0 spiro atoms. The topological polar surface area (TPSA) is 21.3 Å². The number of allylic oxidation sites excluding steroid dienone is 2. The van der Waals surface area contributed by atoms with Gasteiger partial charge in [-0.05, 0) is 43.7 Å². The van der Waals surface area contributed by atoms with Gasteiger partial charge in [-0.2, -0.15) is 0 Å². The second-order valence-corrected chi connectivity index (χ2v) is 4.08. The fourth-order valence-electron chi connectivity index (χ4n) is 1.58. The Balaban J connectivity index is 2.48. The Kier molecular flexibility index (Phi) is 6.89. The van der Waals surface area contributed by atoms with Crippen molar-refractivity contribution in [1.29, 1.82) is 0 Å². The van der Waals surface area contributed by atoms with Gasteiger partial charge in [-0.15, -0.1) is 0 Å². The molecule has 0 heterocycles. The first-order chi connectivity index (χ1) is 8.80. The second-order valence-electron chi connectivity index (χ2n) is 4.08. The minimum atomic E-state index is 0.618. The van der Waals surface area contributed by atoms with Gasteiger partial charge < -0.3 is 10.1 Å². The molecule has 0 aliphatic rings. The third kappa shape index (κ3) is 5.19. The van der Waals surface area contributed by atoms with Gasteiger partial charge in [-0.25, -0.2) is 0 Å². The van der Waals surface area contributed by atoms with Gasteiger partial charge in [0.05, 0.1) is 0 Å². The largest absolute Gasteiger partial charge is 0.489 e. The molecular formula is C16H23NO. The van der Waals surface area contributed by atoms with Crippen LogP contribution in [0.1, 0.15) is 26.3 Å². The smallest absolute Gasteiger partial charge is 0.119 e. The molecule has 0 saturated heterocycles. The molecule has 0 amide bonds. The SMILES string of the molecule is C/C=C\C(=C/C)COc1ccc(CNCC)cc1. The van der Waals surface area contributed by atoms with Crippen molar-refractivity contribution in [2.75, 3.05) is 13.2 Å². The first-order valence-electron chi connectivity index (χ1n) is 6.50. The molecular weight excluding hydrogens is 222 g/mol. The van der Waals surface area contributed by atoms with Crippen LogP contribution in [0.15, 0.2) is 48.1 Å². The van der Waals surface area contributed by atoms with Crippen molar-refractivity contribution in [2.45, 2.75) is 27.3 Å². The van der Waals surface area contributed by atoms with Crippen LogP contribution in [0.25, 0.3) is 0 Å². The molecule has 2 nitrogen and oxygen atoms in total. The van der Waals surface area contributed by atoms with E-state index in [2.05, 4.69) is 36.5 Å². The minimum Gasteiger partial charge on any atom is -0.489 e. The second kappa shape index (κ2) is 8.54. The van der Waals surface area contributed by atoms with E-state index in [1.165, 1.54) is 11.1 Å². The van der Waals surface area contributed by atoms with Crippen LogP contribution in [-0.2, 0) is 6.54 Å². The lowest BCUT2D eigenvalue weighted by atomic mass is 10.2. The Morgan fingerprint density at radius 1 is 1.22 bits per heavy atom. The Labute approximate surface area is 110 Å². The first-order valence-corrected chi connectivity index (χ1v) is 6.50. The zero-order chi connectivity index (χ0) is 13.2. The number of ether oxygens (including phenoxy) is 1. The highest BCUT2D eigenvalue weighted by atomic mass is 16.5. The van der Waals surface area contributed by atoms with Crippen LogP contribution in [0.5, 0.6) is 5.75 Å². The van der Waals surface area contributed by atoms with E-state index >= 15 is 0 Å². The molecule has 2 heteroatoms. The van der Waals surface area contributed by atoms with Crippen LogP contribution in [0.4, 0.5) is 0 Å². The quantitative estimate of drug-likeness (QED) is 0.740. The van der Waals surface area contributed by atoms with Crippen molar-refractivity contribution >= 4 is 0 Å². The zero-order valence-electron chi connectivity index (χ0n) is 11.6. The molecule has 0 saturated carbocycles. The third-order valence-corrected chi connectivity index (χ3v) is 2.66. The van der Waals surface area contributed by atoms with Gasteiger partial charge in [0, 0.05) is 6.54 Å². The average Bonchev–Trinajstić information content (AvgIpc) is 2.42. The number of hydrogen-bond acceptors (Lipinski definition) is 2. The molecule has 0 aliphatic carbocycles. The predicted molar refractivity (Wildman–Crippen MR) is 77.9 cm³/mol. The van der Waals surface area contributed by atoms with Crippen LogP contribution >= 0.6 is 0 Å². The van der Waals surface area contributed by atoms with Crippen LogP contribution < -0.4 is 10.1 Å². The van der Waals surface area contributed by atoms with Crippen molar-refractivity contribution in [2.24, 2.45) is 0 Å².